The van der Waals surface area contributed by atoms with Crippen molar-refractivity contribution < 1.29 is 15.0 Å². The second-order valence-electron chi connectivity index (χ2n) is 3.02. The molecular formula is C6H4N4O5S. The Bertz CT molecular complexity index is 497. The molecule has 1 aromatic heterocycles. The smallest absolute Gasteiger partial charge is 0.284 e. The second kappa shape index (κ2) is 3.57. The van der Waals surface area contributed by atoms with Crippen LogP contribution in [0.25, 0.3) is 0 Å². The normalized spacial score (nSPS) is 23.4. The van der Waals surface area contributed by atoms with E-state index >= 15 is 0 Å². The SMILES string of the molecule is O=[N+]([O-])C1=CC([N+](=O)[O-])c2nsnc2C1O. The van der Waals surface area contributed by atoms with Crippen molar-refractivity contribution >= 4 is 11.7 Å². The van der Waals surface area contributed by atoms with Crippen LogP contribution in [-0.4, -0.2) is 23.7 Å². The lowest BCUT2D eigenvalue weighted by atomic mass is 9.99. The maximum Gasteiger partial charge on any atom is 0.284 e. The monoisotopic (exact) mass is 244 g/mol. The average molecular weight is 244 g/mol. The number of nitrogens with zero attached hydrogens (tertiary/aromatic N) is 4. The van der Waals surface area contributed by atoms with E-state index in [1.807, 2.05) is 0 Å². The van der Waals surface area contributed by atoms with Crippen LogP contribution in [0.4, 0.5) is 0 Å². The summed E-state index contributed by atoms with van der Waals surface area (Å²) in [5.74, 6) is 0. The highest BCUT2D eigenvalue weighted by atomic mass is 32.1. The molecule has 2 rings (SSSR count). The van der Waals surface area contributed by atoms with Gasteiger partial charge in [-0.2, -0.15) is 8.75 Å². The zero-order valence-corrected chi connectivity index (χ0v) is 8.33. The van der Waals surface area contributed by atoms with E-state index in [1.165, 1.54) is 0 Å². The average Bonchev–Trinajstić information content (AvgIpc) is 2.66. The summed E-state index contributed by atoms with van der Waals surface area (Å²) in [6.45, 7) is 0. The topological polar surface area (TPSA) is 132 Å². The highest BCUT2D eigenvalue weighted by molar-refractivity contribution is 6.99. The third-order valence-corrected chi connectivity index (χ3v) is 2.68. The van der Waals surface area contributed by atoms with E-state index in [0.29, 0.717) is 11.7 Å². The Hall–Kier alpha value is -1.94. The Balaban J connectivity index is 2.55. The van der Waals surface area contributed by atoms with Crippen LogP contribution in [0.15, 0.2) is 11.8 Å². The highest BCUT2D eigenvalue weighted by Crippen LogP contribution is 2.35. The van der Waals surface area contributed by atoms with Crippen molar-refractivity contribution in [2.45, 2.75) is 12.1 Å². The molecule has 0 amide bonds. The quantitative estimate of drug-likeness (QED) is 0.574. The minimum atomic E-state index is -1.56. The highest BCUT2D eigenvalue weighted by Gasteiger charge is 2.42. The van der Waals surface area contributed by atoms with Crippen LogP contribution >= 0.6 is 11.7 Å². The number of hydrogen-bond donors (Lipinski definition) is 1. The molecule has 1 aliphatic rings. The van der Waals surface area contributed by atoms with E-state index in [1.54, 1.807) is 0 Å². The van der Waals surface area contributed by atoms with Gasteiger partial charge in [0, 0.05) is 4.92 Å². The molecule has 16 heavy (non-hydrogen) atoms. The lowest BCUT2D eigenvalue weighted by Crippen LogP contribution is -2.22. The van der Waals surface area contributed by atoms with Gasteiger partial charge >= 0.3 is 0 Å². The lowest BCUT2D eigenvalue weighted by Gasteiger charge is -2.13. The fourth-order valence-corrected chi connectivity index (χ4v) is 2.00. The molecule has 1 aliphatic carbocycles. The number of aliphatic hydroxyl groups excluding tert-OH is 1. The zero-order chi connectivity index (χ0) is 11.9. The van der Waals surface area contributed by atoms with Crippen molar-refractivity contribution in [3.63, 3.8) is 0 Å². The lowest BCUT2D eigenvalue weighted by molar-refractivity contribution is -0.520. The van der Waals surface area contributed by atoms with E-state index in [0.717, 1.165) is 6.08 Å². The maximum absolute atomic E-state index is 10.7. The first-order chi connectivity index (χ1) is 7.52. The summed E-state index contributed by atoms with van der Waals surface area (Å²) in [5, 5.41) is 30.8. The van der Waals surface area contributed by atoms with E-state index in [4.69, 9.17) is 0 Å². The molecule has 0 bridgehead atoms. The number of aliphatic hydroxyl groups is 1. The van der Waals surface area contributed by atoms with Crippen molar-refractivity contribution in [1.82, 2.24) is 8.75 Å². The predicted molar refractivity (Wildman–Crippen MR) is 49.7 cm³/mol. The van der Waals surface area contributed by atoms with Crippen LogP contribution in [-0.2, 0) is 0 Å². The van der Waals surface area contributed by atoms with Gasteiger partial charge in [-0.1, -0.05) is 0 Å². The molecule has 0 aliphatic heterocycles. The van der Waals surface area contributed by atoms with Gasteiger partial charge in [-0.05, 0) is 0 Å². The molecule has 84 valence electrons. The molecule has 0 spiro atoms. The van der Waals surface area contributed by atoms with Crippen molar-refractivity contribution in [3.05, 3.63) is 43.4 Å². The molecule has 1 aromatic rings. The minimum Gasteiger partial charge on any atom is -0.376 e. The first-order valence-corrected chi connectivity index (χ1v) is 4.75. The number of aromatic nitrogens is 2. The molecule has 0 radical (unpaired) electrons. The van der Waals surface area contributed by atoms with Gasteiger partial charge in [-0.3, -0.25) is 20.2 Å². The van der Waals surface area contributed by atoms with Crippen molar-refractivity contribution in [2.24, 2.45) is 0 Å². The number of rotatable bonds is 2. The van der Waals surface area contributed by atoms with Crippen LogP contribution in [0.5, 0.6) is 0 Å². The molecule has 10 heteroatoms. The number of nitro groups is 2. The fourth-order valence-electron chi connectivity index (χ4n) is 1.39. The Morgan fingerprint density at radius 3 is 2.50 bits per heavy atom. The zero-order valence-electron chi connectivity index (χ0n) is 7.51. The van der Waals surface area contributed by atoms with Crippen molar-refractivity contribution in [3.8, 4) is 0 Å². The van der Waals surface area contributed by atoms with Gasteiger partial charge in [0.05, 0.1) is 22.7 Å². The largest absolute Gasteiger partial charge is 0.376 e. The van der Waals surface area contributed by atoms with Crippen LogP contribution in [0, 0.1) is 20.2 Å². The van der Waals surface area contributed by atoms with Gasteiger partial charge in [-0.25, -0.2) is 0 Å². The molecule has 0 saturated heterocycles. The first kappa shape index (κ1) is 10.6. The maximum atomic E-state index is 10.7. The molecular weight excluding hydrogens is 240 g/mol. The molecule has 9 nitrogen and oxygen atoms in total. The molecule has 0 saturated carbocycles. The van der Waals surface area contributed by atoms with E-state index in [2.05, 4.69) is 8.75 Å². The first-order valence-electron chi connectivity index (χ1n) is 4.02. The predicted octanol–water partition coefficient (Wildman–Crippen LogP) is 0.0635. The Morgan fingerprint density at radius 1 is 1.31 bits per heavy atom. The Morgan fingerprint density at radius 2 is 1.94 bits per heavy atom. The Labute approximate surface area is 91.7 Å². The molecule has 1 N–H and O–H groups in total. The van der Waals surface area contributed by atoms with Gasteiger partial charge in [0.15, 0.2) is 11.8 Å². The van der Waals surface area contributed by atoms with Gasteiger partial charge in [0.2, 0.25) is 0 Å². The summed E-state index contributed by atoms with van der Waals surface area (Å²) >= 11 is 0.674. The Kier molecular flexibility index (Phi) is 2.36. The van der Waals surface area contributed by atoms with Gasteiger partial charge < -0.3 is 5.11 Å². The number of fused-ring (bicyclic) bond motifs is 1. The summed E-state index contributed by atoms with van der Waals surface area (Å²) in [5.41, 5.74) is -0.782. The van der Waals surface area contributed by atoms with E-state index in [-0.39, 0.29) is 11.4 Å². The van der Waals surface area contributed by atoms with Crippen molar-refractivity contribution in [2.75, 3.05) is 0 Å². The van der Waals surface area contributed by atoms with Crippen LogP contribution in [0.1, 0.15) is 23.5 Å². The third kappa shape index (κ3) is 1.44. The molecule has 0 aromatic carbocycles. The van der Waals surface area contributed by atoms with Crippen LogP contribution in [0.3, 0.4) is 0 Å². The number of hydrogen-bond acceptors (Lipinski definition) is 8. The third-order valence-electron chi connectivity index (χ3n) is 2.13. The summed E-state index contributed by atoms with van der Waals surface area (Å²) in [4.78, 5) is 19.7. The molecule has 1 heterocycles. The second-order valence-corrected chi connectivity index (χ2v) is 3.54. The fraction of sp³-hybridized carbons (Fsp3) is 0.333. The molecule has 2 atom stereocenters. The minimum absolute atomic E-state index is 0.0342. The van der Waals surface area contributed by atoms with E-state index < -0.39 is 27.7 Å². The van der Waals surface area contributed by atoms with Crippen LogP contribution < -0.4 is 0 Å². The van der Waals surface area contributed by atoms with Gasteiger partial charge in [-0.15, -0.1) is 0 Å². The summed E-state index contributed by atoms with van der Waals surface area (Å²) in [7, 11) is 0. The van der Waals surface area contributed by atoms with Gasteiger partial charge in [0.1, 0.15) is 5.69 Å². The molecule has 0 fully saturated rings. The standard InChI is InChI=1S/C6H4N4O5S/c11-6-3(10(14)15)1-2(9(12)13)4-5(6)8-16-7-4/h1-2,6,11H. The summed E-state index contributed by atoms with van der Waals surface area (Å²) in [6, 6.07) is -1.42. The summed E-state index contributed by atoms with van der Waals surface area (Å²) in [6.07, 6.45) is -0.769. The van der Waals surface area contributed by atoms with Gasteiger partial charge in [0.25, 0.3) is 11.7 Å². The van der Waals surface area contributed by atoms with Crippen LogP contribution in [0.2, 0.25) is 0 Å². The van der Waals surface area contributed by atoms with E-state index in [9.17, 15) is 25.3 Å². The summed E-state index contributed by atoms with van der Waals surface area (Å²) < 4.78 is 7.30. The van der Waals surface area contributed by atoms with Crippen molar-refractivity contribution in [1.29, 1.82) is 0 Å². The molecule has 2 unspecified atom stereocenters.